The maximum Gasteiger partial charge on any atom is 0.132 e. The minimum Gasteiger partial charge on any atom is -0.487 e. The number of ether oxygens (including phenoxy) is 1. The summed E-state index contributed by atoms with van der Waals surface area (Å²) in [5.74, 6) is 0.271. The van der Waals surface area contributed by atoms with Crippen molar-refractivity contribution in [3.63, 3.8) is 0 Å². The van der Waals surface area contributed by atoms with E-state index in [1.807, 2.05) is 26.2 Å². The Hall–Kier alpha value is -1.84. The van der Waals surface area contributed by atoms with Gasteiger partial charge in [-0.3, -0.25) is 4.68 Å². The molecule has 0 bridgehead atoms. The Morgan fingerprint density at radius 3 is 2.88 bits per heavy atom. The van der Waals surface area contributed by atoms with Gasteiger partial charge in [0.2, 0.25) is 0 Å². The van der Waals surface area contributed by atoms with Gasteiger partial charge in [-0.25, -0.2) is 4.39 Å². The van der Waals surface area contributed by atoms with E-state index in [0.29, 0.717) is 12.4 Å². The van der Waals surface area contributed by atoms with E-state index in [1.54, 1.807) is 10.7 Å². The first-order valence-electron chi connectivity index (χ1n) is 5.02. The molecule has 0 unspecified atom stereocenters. The molecule has 84 valence electrons. The Balaban J connectivity index is 2.07. The van der Waals surface area contributed by atoms with Crippen LogP contribution in [0.4, 0.5) is 4.39 Å². The molecule has 3 nitrogen and oxygen atoms in total. The molecule has 0 radical (unpaired) electrons. The molecule has 0 fully saturated rings. The van der Waals surface area contributed by atoms with Gasteiger partial charge in [0, 0.05) is 19.3 Å². The lowest BCUT2D eigenvalue weighted by Crippen LogP contribution is -1.99. The summed E-state index contributed by atoms with van der Waals surface area (Å²) in [5.41, 5.74) is 1.74. The van der Waals surface area contributed by atoms with E-state index in [4.69, 9.17) is 4.74 Å². The topological polar surface area (TPSA) is 27.1 Å². The van der Waals surface area contributed by atoms with Crippen LogP contribution in [0.1, 0.15) is 11.3 Å². The largest absolute Gasteiger partial charge is 0.487 e. The molecule has 0 aliphatic heterocycles. The van der Waals surface area contributed by atoms with Gasteiger partial charge in [-0.1, -0.05) is 6.07 Å². The molecule has 1 aromatic carbocycles. The lowest BCUT2D eigenvalue weighted by atomic mass is 10.2. The summed E-state index contributed by atoms with van der Waals surface area (Å²) in [6.45, 7) is 2.23. The van der Waals surface area contributed by atoms with Gasteiger partial charge in [0.15, 0.2) is 0 Å². The Kier molecular flexibility index (Phi) is 2.90. The highest BCUT2D eigenvalue weighted by molar-refractivity contribution is 5.32. The van der Waals surface area contributed by atoms with Crippen LogP contribution >= 0.6 is 0 Å². The van der Waals surface area contributed by atoms with Crippen LogP contribution in [0.25, 0.3) is 0 Å². The second-order valence-corrected chi connectivity index (χ2v) is 3.68. The fourth-order valence-corrected chi connectivity index (χ4v) is 1.42. The van der Waals surface area contributed by atoms with Crippen LogP contribution in [-0.4, -0.2) is 9.78 Å². The number of hydrogen-bond donors (Lipinski definition) is 0. The summed E-state index contributed by atoms with van der Waals surface area (Å²) in [7, 11) is 1.84. The van der Waals surface area contributed by atoms with E-state index in [1.165, 1.54) is 12.1 Å². The standard InChI is InChI=1S/C12H13FN2O/c1-9-3-4-10(13)7-12(9)16-8-11-5-6-15(2)14-11/h3-7H,8H2,1-2H3. The number of halogens is 1. The van der Waals surface area contributed by atoms with E-state index in [0.717, 1.165) is 11.3 Å². The van der Waals surface area contributed by atoms with Crippen LogP contribution in [-0.2, 0) is 13.7 Å². The first-order valence-corrected chi connectivity index (χ1v) is 5.02. The maximum absolute atomic E-state index is 13.0. The van der Waals surface area contributed by atoms with Crippen LogP contribution in [0.15, 0.2) is 30.5 Å². The third-order valence-corrected chi connectivity index (χ3v) is 2.29. The molecule has 0 atom stereocenters. The van der Waals surface area contributed by atoms with Crippen molar-refractivity contribution in [1.82, 2.24) is 9.78 Å². The van der Waals surface area contributed by atoms with E-state index >= 15 is 0 Å². The van der Waals surface area contributed by atoms with E-state index < -0.39 is 0 Å². The van der Waals surface area contributed by atoms with E-state index in [2.05, 4.69) is 5.10 Å². The van der Waals surface area contributed by atoms with Crippen molar-refractivity contribution < 1.29 is 9.13 Å². The highest BCUT2D eigenvalue weighted by Gasteiger charge is 2.03. The molecule has 2 aromatic rings. The van der Waals surface area contributed by atoms with Crippen molar-refractivity contribution in [2.75, 3.05) is 0 Å². The molecular weight excluding hydrogens is 207 g/mol. The number of aryl methyl sites for hydroxylation is 2. The van der Waals surface area contributed by atoms with E-state index in [9.17, 15) is 4.39 Å². The van der Waals surface area contributed by atoms with Gasteiger partial charge < -0.3 is 4.74 Å². The van der Waals surface area contributed by atoms with Crippen molar-refractivity contribution in [3.8, 4) is 5.75 Å². The highest BCUT2D eigenvalue weighted by atomic mass is 19.1. The first kappa shape index (κ1) is 10.7. The predicted octanol–water partition coefficient (Wildman–Crippen LogP) is 2.45. The molecular formula is C12H13FN2O. The van der Waals surface area contributed by atoms with Crippen molar-refractivity contribution >= 4 is 0 Å². The van der Waals surface area contributed by atoms with Crippen LogP contribution in [0.5, 0.6) is 5.75 Å². The molecule has 0 aliphatic rings. The number of nitrogens with zero attached hydrogens (tertiary/aromatic N) is 2. The second-order valence-electron chi connectivity index (χ2n) is 3.68. The zero-order valence-electron chi connectivity index (χ0n) is 9.27. The molecule has 2 rings (SSSR count). The van der Waals surface area contributed by atoms with Crippen molar-refractivity contribution in [2.24, 2.45) is 7.05 Å². The quantitative estimate of drug-likeness (QED) is 0.794. The molecule has 0 N–H and O–H groups in total. The average Bonchev–Trinajstić information content (AvgIpc) is 2.66. The van der Waals surface area contributed by atoms with Crippen LogP contribution in [0.3, 0.4) is 0 Å². The van der Waals surface area contributed by atoms with Gasteiger partial charge in [0.25, 0.3) is 0 Å². The Labute approximate surface area is 93.5 Å². The summed E-state index contributed by atoms with van der Waals surface area (Å²) in [4.78, 5) is 0. The Bertz CT molecular complexity index is 494. The minimum absolute atomic E-state index is 0.290. The lowest BCUT2D eigenvalue weighted by molar-refractivity contribution is 0.296. The third kappa shape index (κ3) is 2.39. The summed E-state index contributed by atoms with van der Waals surface area (Å²) in [6, 6.07) is 6.37. The van der Waals surface area contributed by atoms with Gasteiger partial charge in [-0.15, -0.1) is 0 Å². The number of aromatic nitrogens is 2. The van der Waals surface area contributed by atoms with Crippen LogP contribution < -0.4 is 4.74 Å². The molecule has 1 heterocycles. The maximum atomic E-state index is 13.0. The zero-order chi connectivity index (χ0) is 11.5. The second kappa shape index (κ2) is 4.35. The first-order chi connectivity index (χ1) is 7.65. The average molecular weight is 220 g/mol. The molecule has 0 saturated heterocycles. The molecule has 0 saturated carbocycles. The van der Waals surface area contributed by atoms with Crippen molar-refractivity contribution in [1.29, 1.82) is 0 Å². The zero-order valence-corrected chi connectivity index (χ0v) is 9.27. The fraction of sp³-hybridized carbons (Fsp3) is 0.250. The smallest absolute Gasteiger partial charge is 0.132 e. The fourth-order valence-electron chi connectivity index (χ4n) is 1.42. The summed E-state index contributed by atoms with van der Waals surface area (Å²) >= 11 is 0. The molecule has 0 amide bonds. The summed E-state index contributed by atoms with van der Waals surface area (Å²) < 4.78 is 20.2. The van der Waals surface area contributed by atoms with Gasteiger partial charge >= 0.3 is 0 Å². The third-order valence-electron chi connectivity index (χ3n) is 2.29. The molecule has 0 spiro atoms. The van der Waals surface area contributed by atoms with Gasteiger partial charge in [-0.2, -0.15) is 5.10 Å². The Morgan fingerprint density at radius 1 is 1.38 bits per heavy atom. The normalized spacial score (nSPS) is 10.4. The molecule has 16 heavy (non-hydrogen) atoms. The van der Waals surface area contributed by atoms with Gasteiger partial charge in [0.1, 0.15) is 18.2 Å². The molecule has 1 aromatic heterocycles. The van der Waals surface area contributed by atoms with Crippen molar-refractivity contribution in [3.05, 3.63) is 47.5 Å². The SMILES string of the molecule is Cc1ccc(F)cc1OCc1ccn(C)n1. The Morgan fingerprint density at radius 2 is 2.19 bits per heavy atom. The molecule has 0 aliphatic carbocycles. The van der Waals surface area contributed by atoms with Gasteiger partial charge in [-0.05, 0) is 24.6 Å². The number of rotatable bonds is 3. The summed E-state index contributed by atoms with van der Waals surface area (Å²) in [5, 5.41) is 4.18. The summed E-state index contributed by atoms with van der Waals surface area (Å²) in [6.07, 6.45) is 1.84. The van der Waals surface area contributed by atoms with Crippen LogP contribution in [0.2, 0.25) is 0 Å². The number of hydrogen-bond acceptors (Lipinski definition) is 2. The number of benzene rings is 1. The van der Waals surface area contributed by atoms with E-state index in [-0.39, 0.29) is 5.82 Å². The predicted molar refractivity (Wildman–Crippen MR) is 58.7 cm³/mol. The highest BCUT2D eigenvalue weighted by Crippen LogP contribution is 2.19. The molecule has 4 heteroatoms. The lowest BCUT2D eigenvalue weighted by Gasteiger charge is -2.07. The van der Waals surface area contributed by atoms with Gasteiger partial charge in [0.05, 0.1) is 5.69 Å². The minimum atomic E-state index is -0.290. The van der Waals surface area contributed by atoms with Crippen LogP contribution in [0, 0.1) is 12.7 Å². The van der Waals surface area contributed by atoms with Crippen molar-refractivity contribution in [2.45, 2.75) is 13.5 Å². The monoisotopic (exact) mass is 220 g/mol.